The lowest BCUT2D eigenvalue weighted by atomic mass is 9.91. The van der Waals surface area contributed by atoms with Gasteiger partial charge in [-0.05, 0) is 138 Å². The molecule has 4 atom stereocenters. The molecule has 4 aliphatic heterocycles. The first-order valence-corrected chi connectivity index (χ1v) is 26.0. The Kier molecular flexibility index (Phi) is 13.1. The van der Waals surface area contributed by atoms with Gasteiger partial charge in [-0.2, -0.15) is 29.5 Å². The summed E-state index contributed by atoms with van der Waals surface area (Å²) in [6, 6.07) is 25.8. The zero-order chi connectivity index (χ0) is 48.1. The van der Waals surface area contributed by atoms with E-state index in [2.05, 4.69) is 17.9 Å². The molecule has 15 nitrogen and oxygen atoms in total. The van der Waals surface area contributed by atoms with Gasteiger partial charge in [0.2, 0.25) is 5.91 Å². The zero-order valence-electron chi connectivity index (χ0n) is 37.6. The van der Waals surface area contributed by atoms with Crippen molar-refractivity contribution in [1.29, 1.82) is 0 Å². The molecule has 0 fully saturated rings. The van der Waals surface area contributed by atoms with Crippen molar-refractivity contribution in [2.45, 2.75) is 76.0 Å². The van der Waals surface area contributed by atoms with Crippen molar-refractivity contribution in [1.82, 2.24) is 0 Å². The van der Waals surface area contributed by atoms with Crippen molar-refractivity contribution in [3.8, 4) is 17.2 Å². The standard InChI is InChI=1S/C50H51N3O12S3/c1-29-15-38-35(24-47(68(60,61)63-3)43-21-33-10-5-7-12-41(33)53(43)49(38)55)22-44(29)64-26-30-16-31(18-37(17-30)51-48(54)13-8-14-66)27-65-46-23-34-19-36(28-67(57,58)59)42-20-32-9-4-6-11-40(32)52(42)50(56)39(34)25-45(46)62-2/h4-7,9-12,15-18,22-23,25,36,42-43,47,66H,8,13-14,19-21,24,26-28H2,1-3H3,(H,51,54)(H,57,58,59)/t36?,42-,43-,47?/m0/s1. The molecule has 0 bridgehead atoms. The van der Waals surface area contributed by atoms with Crippen LogP contribution >= 0.6 is 12.6 Å². The quantitative estimate of drug-likeness (QED) is 0.0558. The number of ether oxygens (including phenoxy) is 3. The number of rotatable bonds is 15. The molecule has 0 aromatic heterocycles. The Morgan fingerprint density at radius 2 is 1.29 bits per heavy atom. The van der Waals surface area contributed by atoms with Gasteiger partial charge in [-0.15, -0.1) is 0 Å². The van der Waals surface area contributed by atoms with Crippen LogP contribution in [0.1, 0.15) is 72.5 Å². The van der Waals surface area contributed by atoms with Gasteiger partial charge >= 0.3 is 0 Å². The number of para-hydroxylation sites is 2. The summed E-state index contributed by atoms with van der Waals surface area (Å²) in [5.41, 5.74) is 7.38. The SMILES string of the molecule is COc1cc2c(cc1OCc1cc(COc3cc4c(cc3C)C(=O)N3c5ccccc5C[C@H]3C(S(=O)(=O)OC)C4)cc(NC(=O)CCCS)c1)CC(CS(=O)(=O)O)[C@@H]1Cc3ccccc3N1C2=O. The largest absolute Gasteiger partial charge is 0.493 e. The van der Waals surface area contributed by atoms with E-state index in [1.807, 2.05) is 61.5 Å². The number of aryl methyl sites for hydroxylation is 1. The van der Waals surface area contributed by atoms with Crippen molar-refractivity contribution >= 4 is 67.6 Å². The first-order valence-electron chi connectivity index (χ1n) is 22.3. The lowest BCUT2D eigenvalue weighted by Crippen LogP contribution is -2.47. The summed E-state index contributed by atoms with van der Waals surface area (Å²) >= 11 is 4.25. The van der Waals surface area contributed by atoms with E-state index in [0.29, 0.717) is 92.5 Å². The van der Waals surface area contributed by atoms with E-state index in [1.165, 1.54) is 7.11 Å². The summed E-state index contributed by atoms with van der Waals surface area (Å²) < 4.78 is 85.4. The fourth-order valence-electron chi connectivity index (χ4n) is 10.2. The molecule has 356 valence electrons. The Morgan fingerprint density at radius 3 is 1.91 bits per heavy atom. The van der Waals surface area contributed by atoms with Crippen molar-refractivity contribution in [2.24, 2.45) is 5.92 Å². The second-order valence-corrected chi connectivity index (χ2v) is 21.6. The monoisotopic (exact) mass is 981 g/mol. The van der Waals surface area contributed by atoms with Crippen molar-refractivity contribution in [3.05, 3.63) is 141 Å². The number of amides is 3. The molecule has 0 aliphatic carbocycles. The number of benzene rings is 5. The molecule has 2 N–H and O–H groups in total. The Bertz CT molecular complexity index is 3070. The molecule has 5 aromatic rings. The molecule has 5 aromatic carbocycles. The van der Waals surface area contributed by atoms with E-state index >= 15 is 0 Å². The van der Waals surface area contributed by atoms with Gasteiger partial charge in [0.05, 0.1) is 26.0 Å². The first-order chi connectivity index (χ1) is 32.5. The number of nitrogens with zero attached hydrogens (tertiary/aromatic N) is 2. The average Bonchev–Trinajstić information content (AvgIpc) is 3.84. The van der Waals surface area contributed by atoms with Gasteiger partial charge in [0.25, 0.3) is 32.1 Å². The van der Waals surface area contributed by atoms with Crippen LogP contribution in [0.3, 0.4) is 0 Å². The molecule has 4 heterocycles. The number of nitrogens with one attached hydrogen (secondary N) is 1. The van der Waals surface area contributed by atoms with E-state index < -0.39 is 49.2 Å². The second-order valence-electron chi connectivity index (χ2n) is 17.7. The van der Waals surface area contributed by atoms with Gasteiger partial charge in [-0.25, -0.2) is 0 Å². The van der Waals surface area contributed by atoms with E-state index in [1.54, 1.807) is 46.2 Å². The predicted octanol–water partition coefficient (Wildman–Crippen LogP) is 6.91. The van der Waals surface area contributed by atoms with Crippen LogP contribution in [0.25, 0.3) is 0 Å². The average molecular weight is 982 g/mol. The zero-order valence-corrected chi connectivity index (χ0v) is 40.2. The van der Waals surface area contributed by atoms with Crippen LogP contribution in [0.5, 0.6) is 17.2 Å². The van der Waals surface area contributed by atoms with E-state index in [9.17, 15) is 35.8 Å². The van der Waals surface area contributed by atoms with Crippen molar-refractivity contribution in [2.75, 3.05) is 40.8 Å². The van der Waals surface area contributed by atoms with Crippen molar-refractivity contribution in [3.63, 3.8) is 0 Å². The van der Waals surface area contributed by atoms with Gasteiger partial charge in [0.15, 0.2) is 11.5 Å². The van der Waals surface area contributed by atoms with Crippen LogP contribution in [0.2, 0.25) is 0 Å². The van der Waals surface area contributed by atoms with E-state index in [0.717, 1.165) is 18.2 Å². The van der Waals surface area contributed by atoms with Crippen LogP contribution < -0.4 is 29.3 Å². The molecule has 3 amide bonds. The highest BCUT2D eigenvalue weighted by Gasteiger charge is 2.48. The maximum absolute atomic E-state index is 14.3. The van der Waals surface area contributed by atoms with Gasteiger partial charge in [0.1, 0.15) is 24.2 Å². The predicted molar refractivity (Wildman–Crippen MR) is 260 cm³/mol. The summed E-state index contributed by atoms with van der Waals surface area (Å²) in [7, 11) is -5.91. The third-order valence-electron chi connectivity index (χ3n) is 13.3. The number of hydrogen-bond donors (Lipinski definition) is 3. The molecule has 18 heteroatoms. The molecule has 68 heavy (non-hydrogen) atoms. The summed E-state index contributed by atoms with van der Waals surface area (Å²) in [5, 5.41) is 1.92. The molecule has 9 rings (SSSR count). The number of carbonyl (C=O) groups is 3. The third kappa shape index (κ3) is 9.31. The Morgan fingerprint density at radius 1 is 0.721 bits per heavy atom. The number of fused-ring (bicyclic) bond motifs is 8. The van der Waals surface area contributed by atoms with Crippen LogP contribution in [0.15, 0.2) is 91.0 Å². The van der Waals surface area contributed by atoms with Gasteiger partial charge in [-0.1, -0.05) is 36.4 Å². The highest BCUT2D eigenvalue weighted by molar-refractivity contribution is 7.87. The molecule has 2 unspecified atom stereocenters. The van der Waals surface area contributed by atoms with E-state index in [4.69, 9.17) is 18.4 Å². The Balaban J connectivity index is 1.00. The number of thiol groups is 1. The number of hydrogen-bond acceptors (Lipinski definition) is 12. The normalized spacial score (nSPS) is 19.4. The van der Waals surface area contributed by atoms with E-state index in [-0.39, 0.29) is 55.9 Å². The molecule has 0 radical (unpaired) electrons. The second kappa shape index (κ2) is 18.9. The Hall–Kier alpha value is -5.92. The van der Waals surface area contributed by atoms with Crippen LogP contribution in [0, 0.1) is 12.8 Å². The molecule has 0 saturated carbocycles. The summed E-state index contributed by atoms with van der Waals surface area (Å²) in [6.07, 6.45) is 1.81. The minimum absolute atomic E-state index is 0.0169. The van der Waals surface area contributed by atoms with Crippen molar-refractivity contribution < 1.29 is 54.2 Å². The highest BCUT2D eigenvalue weighted by atomic mass is 32.2. The molecule has 4 aliphatic rings. The molecule has 0 saturated heterocycles. The maximum atomic E-state index is 14.3. The fraction of sp³-hybridized carbons (Fsp3) is 0.340. The Labute approximate surface area is 401 Å². The van der Waals surface area contributed by atoms with Gasteiger partial charge in [-0.3, -0.25) is 23.1 Å². The maximum Gasteiger partial charge on any atom is 0.272 e. The molecular formula is C50H51N3O12S3. The molecular weight excluding hydrogens is 931 g/mol. The first kappa shape index (κ1) is 47.2. The topological polar surface area (TPSA) is 195 Å². The minimum Gasteiger partial charge on any atom is -0.493 e. The summed E-state index contributed by atoms with van der Waals surface area (Å²) in [6.45, 7) is 1.81. The van der Waals surface area contributed by atoms with Gasteiger partial charge < -0.3 is 29.3 Å². The minimum atomic E-state index is -4.41. The number of methoxy groups -OCH3 is 1. The summed E-state index contributed by atoms with van der Waals surface area (Å²) in [4.78, 5) is 44.8. The van der Waals surface area contributed by atoms with Crippen LogP contribution in [-0.2, 0) is 68.1 Å². The lowest BCUT2D eigenvalue weighted by Gasteiger charge is -2.28. The lowest BCUT2D eigenvalue weighted by molar-refractivity contribution is -0.116. The molecule has 0 spiro atoms. The fourth-order valence-corrected chi connectivity index (χ4v) is 12.5. The van der Waals surface area contributed by atoms with Crippen LogP contribution in [0.4, 0.5) is 17.1 Å². The summed E-state index contributed by atoms with van der Waals surface area (Å²) in [5.74, 6) is -0.454. The van der Waals surface area contributed by atoms with Gasteiger partial charge in [0, 0.05) is 46.6 Å². The smallest absolute Gasteiger partial charge is 0.272 e. The number of anilines is 3. The van der Waals surface area contributed by atoms with Crippen LogP contribution in [-0.4, -0.2) is 82.2 Å². The third-order valence-corrected chi connectivity index (χ3v) is 16.2. The highest BCUT2D eigenvalue weighted by Crippen LogP contribution is 2.44. The number of carbonyl (C=O) groups excluding carboxylic acids is 3.